The lowest BCUT2D eigenvalue weighted by atomic mass is 10.0. The van der Waals surface area contributed by atoms with E-state index in [9.17, 15) is 4.79 Å². The Bertz CT molecular complexity index is 515. The van der Waals surface area contributed by atoms with Crippen LogP contribution in [0, 0.1) is 6.92 Å². The molecule has 1 amide bonds. The highest BCUT2D eigenvalue weighted by molar-refractivity contribution is 5.96. The highest BCUT2D eigenvalue weighted by Crippen LogP contribution is 2.23. The van der Waals surface area contributed by atoms with Crippen LogP contribution in [0.25, 0.3) is 0 Å². The van der Waals surface area contributed by atoms with Crippen molar-refractivity contribution in [3.8, 4) is 0 Å². The first kappa shape index (κ1) is 14.4. The summed E-state index contributed by atoms with van der Waals surface area (Å²) < 4.78 is 0. The van der Waals surface area contributed by atoms with Gasteiger partial charge in [-0.15, -0.1) is 0 Å². The number of anilines is 1. The van der Waals surface area contributed by atoms with Gasteiger partial charge in [-0.1, -0.05) is 6.07 Å². The van der Waals surface area contributed by atoms with Crippen LogP contribution in [0.15, 0.2) is 18.2 Å². The van der Waals surface area contributed by atoms with Gasteiger partial charge in [-0.05, 0) is 63.4 Å². The number of piperidine rings is 1. The summed E-state index contributed by atoms with van der Waals surface area (Å²) in [4.78, 5) is 17.3. The SMILES string of the molecule is Cc1ccc(N)cc1C(=O)N1CCC(N2CCCC2)CC1. The first-order valence-electron chi connectivity index (χ1n) is 8.04. The number of hydrogen-bond acceptors (Lipinski definition) is 3. The summed E-state index contributed by atoms with van der Waals surface area (Å²) in [5.74, 6) is 0.139. The molecule has 4 nitrogen and oxygen atoms in total. The van der Waals surface area contributed by atoms with Gasteiger partial charge in [0.15, 0.2) is 0 Å². The third-order valence-corrected chi connectivity index (χ3v) is 4.90. The van der Waals surface area contributed by atoms with Crippen LogP contribution < -0.4 is 5.73 Å². The van der Waals surface area contributed by atoms with Crippen molar-refractivity contribution in [1.82, 2.24) is 9.80 Å². The fraction of sp³-hybridized carbons (Fsp3) is 0.588. The number of nitrogens with two attached hydrogens (primary N) is 1. The maximum atomic E-state index is 12.7. The van der Waals surface area contributed by atoms with Gasteiger partial charge in [0.05, 0.1) is 0 Å². The molecule has 2 aliphatic heterocycles. The maximum absolute atomic E-state index is 12.7. The lowest BCUT2D eigenvalue weighted by Gasteiger charge is -2.36. The average molecular weight is 287 g/mol. The number of amides is 1. The summed E-state index contributed by atoms with van der Waals surface area (Å²) in [6.45, 7) is 6.20. The average Bonchev–Trinajstić information content (AvgIpc) is 3.03. The van der Waals surface area contributed by atoms with E-state index in [1.165, 1.54) is 25.9 Å². The number of nitrogens with zero attached hydrogens (tertiary/aromatic N) is 2. The fourth-order valence-corrected chi connectivity index (χ4v) is 3.58. The molecule has 2 fully saturated rings. The van der Waals surface area contributed by atoms with Crippen LogP contribution in [-0.2, 0) is 0 Å². The van der Waals surface area contributed by atoms with Gasteiger partial charge in [0, 0.05) is 30.4 Å². The summed E-state index contributed by atoms with van der Waals surface area (Å²) in [6, 6.07) is 6.27. The Kier molecular flexibility index (Phi) is 4.15. The lowest BCUT2D eigenvalue weighted by molar-refractivity contribution is 0.0644. The molecule has 4 heteroatoms. The van der Waals surface area contributed by atoms with Gasteiger partial charge in [0.25, 0.3) is 5.91 Å². The molecule has 0 spiro atoms. The summed E-state index contributed by atoms with van der Waals surface area (Å²) in [5, 5.41) is 0. The molecule has 0 bridgehead atoms. The molecule has 2 aliphatic rings. The minimum Gasteiger partial charge on any atom is -0.399 e. The zero-order valence-corrected chi connectivity index (χ0v) is 12.8. The minimum absolute atomic E-state index is 0.139. The Balaban J connectivity index is 1.63. The van der Waals surface area contributed by atoms with Crippen LogP contribution in [0.3, 0.4) is 0 Å². The molecule has 3 rings (SSSR count). The zero-order chi connectivity index (χ0) is 14.8. The predicted molar refractivity (Wildman–Crippen MR) is 85.3 cm³/mol. The standard InChI is InChI=1S/C17H25N3O/c1-13-4-5-14(18)12-16(13)17(21)20-10-6-15(7-11-20)19-8-2-3-9-19/h4-5,12,15H,2-3,6-11,18H2,1H3. The molecule has 2 N–H and O–H groups in total. The lowest BCUT2D eigenvalue weighted by Crippen LogP contribution is -2.46. The fourth-order valence-electron chi connectivity index (χ4n) is 3.58. The second-order valence-corrected chi connectivity index (χ2v) is 6.34. The van der Waals surface area contributed by atoms with Gasteiger partial charge in [0.1, 0.15) is 0 Å². The Morgan fingerprint density at radius 1 is 1.14 bits per heavy atom. The summed E-state index contributed by atoms with van der Waals surface area (Å²) >= 11 is 0. The molecule has 1 aromatic carbocycles. The summed E-state index contributed by atoms with van der Waals surface area (Å²) in [7, 11) is 0. The number of carbonyl (C=O) groups is 1. The van der Waals surface area contributed by atoms with Crippen molar-refractivity contribution >= 4 is 11.6 Å². The minimum atomic E-state index is 0.139. The number of carbonyl (C=O) groups excluding carboxylic acids is 1. The van der Waals surface area contributed by atoms with Crippen molar-refractivity contribution < 1.29 is 4.79 Å². The van der Waals surface area contributed by atoms with Crippen LogP contribution in [0.2, 0.25) is 0 Å². The largest absolute Gasteiger partial charge is 0.399 e. The van der Waals surface area contributed by atoms with Crippen LogP contribution in [0.1, 0.15) is 41.6 Å². The highest BCUT2D eigenvalue weighted by Gasteiger charge is 2.29. The molecule has 21 heavy (non-hydrogen) atoms. The molecule has 0 unspecified atom stereocenters. The molecule has 1 aromatic rings. The van der Waals surface area contributed by atoms with Crippen molar-refractivity contribution in [2.45, 2.75) is 38.6 Å². The molecule has 114 valence electrons. The van der Waals surface area contributed by atoms with Gasteiger partial charge in [-0.25, -0.2) is 0 Å². The monoisotopic (exact) mass is 287 g/mol. The van der Waals surface area contributed by atoms with Crippen LogP contribution in [0.5, 0.6) is 0 Å². The molecule has 0 radical (unpaired) electrons. The van der Waals surface area contributed by atoms with E-state index in [1.54, 1.807) is 0 Å². The van der Waals surface area contributed by atoms with E-state index in [4.69, 9.17) is 5.73 Å². The zero-order valence-electron chi connectivity index (χ0n) is 12.8. The van der Waals surface area contributed by atoms with E-state index in [0.717, 1.165) is 37.1 Å². The summed E-state index contributed by atoms with van der Waals surface area (Å²) in [5.41, 5.74) is 8.25. The Hall–Kier alpha value is -1.55. The van der Waals surface area contributed by atoms with Crippen molar-refractivity contribution in [2.24, 2.45) is 0 Å². The predicted octanol–water partition coefficient (Wildman–Crippen LogP) is 2.28. The number of rotatable bonds is 2. The normalized spacial score (nSPS) is 20.9. The number of likely N-dealkylation sites (tertiary alicyclic amines) is 2. The third kappa shape index (κ3) is 3.05. The van der Waals surface area contributed by atoms with Crippen molar-refractivity contribution in [3.63, 3.8) is 0 Å². The number of benzene rings is 1. The van der Waals surface area contributed by atoms with E-state index >= 15 is 0 Å². The van der Waals surface area contributed by atoms with E-state index in [2.05, 4.69) is 4.90 Å². The molecule has 0 saturated carbocycles. The maximum Gasteiger partial charge on any atom is 0.254 e. The number of hydrogen-bond donors (Lipinski definition) is 1. The van der Waals surface area contributed by atoms with Crippen molar-refractivity contribution in [1.29, 1.82) is 0 Å². The first-order chi connectivity index (χ1) is 10.1. The third-order valence-electron chi connectivity index (χ3n) is 4.90. The molecule has 2 heterocycles. The highest BCUT2D eigenvalue weighted by atomic mass is 16.2. The van der Waals surface area contributed by atoms with Gasteiger partial charge >= 0.3 is 0 Å². The summed E-state index contributed by atoms with van der Waals surface area (Å²) in [6.07, 6.45) is 4.88. The van der Waals surface area contributed by atoms with E-state index < -0.39 is 0 Å². The van der Waals surface area contributed by atoms with Crippen LogP contribution >= 0.6 is 0 Å². The van der Waals surface area contributed by atoms with Gasteiger partial charge < -0.3 is 15.5 Å². The molecule has 0 aromatic heterocycles. The van der Waals surface area contributed by atoms with Crippen molar-refractivity contribution in [3.05, 3.63) is 29.3 Å². The molecule has 0 aliphatic carbocycles. The second-order valence-electron chi connectivity index (χ2n) is 6.34. The van der Waals surface area contributed by atoms with E-state index in [0.29, 0.717) is 11.7 Å². The van der Waals surface area contributed by atoms with Gasteiger partial charge in [0.2, 0.25) is 0 Å². The van der Waals surface area contributed by atoms with Gasteiger partial charge in [-0.3, -0.25) is 4.79 Å². The van der Waals surface area contributed by atoms with E-state index in [1.807, 2.05) is 30.0 Å². The van der Waals surface area contributed by atoms with E-state index in [-0.39, 0.29) is 5.91 Å². The molecular weight excluding hydrogens is 262 g/mol. The van der Waals surface area contributed by atoms with Crippen molar-refractivity contribution in [2.75, 3.05) is 31.9 Å². The quantitative estimate of drug-likeness (QED) is 0.849. The smallest absolute Gasteiger partial charge is 0.254 e. The number of aryl methyl sites for hydroxylation is 1. The van der Waals surface area contributed by atoms with Gasteiger partial charge in [-0.2, -0.15) is 0 Å². The first-order valence-corrected chi connectivity index (χ1v) is 8.04. The van der Waals surface area contributed by atoms with Crippen LogP contribution in [0.4, 0.5) is 5.69 Å². The Morgan fingerprint density at radius 2 is 1.81 bits per heavy atom. The number of nitrogen functional groups attached to an aromatic ring is 1. The molecular formula is C17H25N3O. The Labute approximate surface area is 126 Å². The molecule has 2 saturated heterocycles. The van der Waals surface area contributed by atoms with Crippen LogP contribution in [-0.4, -0.2) is 47.9 Å². The molecule has 0 atom stereocenters. The second kappa shape index (κ2) is 6.06. The Morgan fingerprint density at radius 3 is 2.48 bits per heavy atom. The topological polar surface area (TPSA) is 49.6 Å².